The van der Waals surface area contributed by atoms with Gasteiger partial charge < -0.3 is 4.57 Å². The van der Waals surface area contributed by atoms with Gasteiger partial charge in [-0.25, -0.2) is 18.5 Å². The largest absolute Gasteiger partial charge is 0.330 e. The summed E-state index contributed by atoms with van der Waals surface area (Å²) in [5, 5.41) is 10.5. The average molecular weight is 305 g/mol. The number of aryl methyl sites for hydroxylation is 1. The molecule has 0 amide bonds. The van der Waals surface area contributed by atoms with Gasteiger partial charge in [0.05, 0.1) is 24.1 Å². The Hall–Kier alpha value is -2.19. The highest BCUT2D eigenvalue weighted by molar-refractivity contribution is 7.89. The lowest BCUT2D eigenvalue weighted by atomic mass is 10.2. The summed E-state index contributed by atoms with van der Waals surface area (Å²) in [6.45, 7) is 3.24. The number of nitrogens with zero attached hydrogens (tertiary/aromatic N) is 4. The van der Waals surface area contributed by atoms with E-state index in [1.54, 1.807) is 4.57 Å². The Bertz CT molecular complexity index is 894. The van der Waals surface area contributed by atoms with Gasteiger partial charge in [0, 0.05) is 18.1 Å². The van der Waals surface area contributed by atoms with Crippen molar-refractivity contribution < 1.29 is 8.42 Å². The van der Waals surface area contributed by atoms with Gasteiger partial charge >= 0.3 is 0 Å². The summed E-state index contributed by atoms with van der Waals surface area (Å²) in [6.07, 6.45) is 2.86. The van der Waals surface area contributed by atoms with E-state index in [2.05, 4.69) is 10.1 Å². The maximum absolute atomic E-state index is 11.2. The molecule has 0 saturated carbocycles. The van der Waals surface area contributed by atoms with Crippen LogP contribution in [0.4, 0.5) is 0 Å². The SMILES string of the molecule is CCn1nc(Cn2cnc(S(N)(=O)=O)c2)c2ccccc21. The average Bonchev–Trinajstić information content (AvgIpc) is 3.04. The van der Waals surface area contributed by atoms with Crippen molar-refractivity contribution in [3.05, 3.63) is 42.5 Å². The molecule has 0 bridgehead atoms. The van der Waals surface area contributed by atoms with Gasteiger partial charge in [-0.1, -0.05) is 18.2 Å². The van der Waals surface area contributed by atoms with Crippen molar-refractivity contribution in [2.24, 2.45) is 5.14 Å². The number of primary sulfonamides is 1. The highest BCUT2D eigenvalue weighted by Crippen LogP contribution is 2.19. The maximum Gasteiger partial charge on any atom is 0.257 e. The first-order valence-electron chi connectivity index (χ1n) is 6.48. The third kappa shape index (κ3) is 2.55. The number of fused-ring (bicyclic) bond motifs is 1. The van der Waals surface area contributed by atoms with Gasteiger partial charge in [0.1, 0.15) is 0 Å². The van der Waals surface area contributed by atoms with Crippen molar-refractivity contribution in [1.29, 1.82) is 0 Å². The minimum absolute atomic E-state index is 0.137. The van der Waals surface area contributed by atoms with Crippen molar-refractivity contribution in [2.45, 2.75) is 25.0 Å². The first kappa shape index (κ1) is 13.8. The Morgan fingerprint density at radius 1 is 1.29 bits per heavy atom. The van der Waals surface area contributed by atoms with Crippen LogP contribution in [-0.4, -0.2) is 27.7 Å². The summed E-state index contributed by atoms with van der Waals surface area (Å²) in [7, 11) is -3.77. The van der Waals surface area contributed by atoms with Crippen LogP contribution in [-0.2, 0) is 23.1 Å². The zero-order valence-corrected chi connectivity index (χ0v) is 12.3. The number of benzene rings is 1. The van der Waals surface area contributed by atoms with Crippen LogP contribution in [0.15, 0.2) is 41.8 Å². The lowest BCUT2D eigenvalue weighted by Gasteiger charge is -1.98. The zero-order chi connectivity index (χ0) is 15.0. The lowest BCUT2D eigenvalue weighted by molar-refractivity contribution is 0.594. The number of aromatic nitrogens is 4. The van der Waals surface area contributed by atoms with Gasteiger partial charge in [0.15, 0.2) is 5.03 Å². The summed E-state index contributed by atoms with van der Waals surface area (Å²) < 4.78 is 26.1. The molecule has 0 unspecified atom stereocenters. The Morgan fingerprint density at radius 3 is 2.71 bits per heavy atom. The molecule has 2 aromatic heterocycles. The lowest BCUT2D eigenvalue weighted by Crippen LogP contribution is -2.12. The second-order valence-electron chi connectivity index (χ2n) is 4.71. The molecule has 0 aliphatic heterocycles. The molecule has 2 heterocycles. The second kappa shape index (κ2) is 4.97. The number of hydrogen-bond donors (Lipinski definition) is 1. The molecule has 8 heteroatoms. The van der Waals surface area contributed by atoms with Crippen LogP contribution in [0.1, 0.15) is 12.6 Å². The third-order valence-corrected chi connectivity index (χ3v) is 4.06. The summed E-state index contributed by atoms with van der Waals surface area (Å²) in [5.41, 5.74) is 1.92. The maximum atomic E-state index is 11.2. The predicted octanol–water partition coefficient (Wildman–Crippen LogP) is 0.948. The third-order valence-electron chi connectivity index (χ3n) is 3.27. The molecular weight excluding hydrogens is 290 g/mol. The number of imidazole rings is 1. The van der Waals surface area contributed by atoms with Gasteiger partial charge in [-0.2, -0.15) is 5.10 Å². The fourth-order valence-corrected chi connectivity index (χ4v) is 2.78. The van der Waals surface area contributed by atoms with Gasteiger partial charge in [-0.15, -0.1) is 0 Å². The molecule has 1 aromatic carbocycles. The number of para-hydroxylation sites is 1. The van der Waals surface area contributed by atoms with Crippen molar-refractivity contribution in [2.75, 3.05) is 0 Å². The topological polar surface area (TPSA) is 95.8 Å². The highest BCUT2D eigenvalue weighted by atomic mass is 32.2. The molecule has 0 saturated heterocycles. The number of hydrogen-bond acceptors (Lipinski definition) is 4. The van der Waals surface area contributed by atoms with Gasteiger partial charge in [-0.05, 0) is 13.0 Å². The van der Waals surface area contributed by atoms with E-state index < -0.39 is 10.0 Å². The van der Waals surface area contributed by atoms with Crippen molar-refractivity contribution in [3.8, 4) is 0 Å². The first-order valence-corrected chi connectivity index (χ1v) is 8.02. The Morgan fingerprint density at radius 2 is 2.05 bits per heavy atom. The quantitative estimate of drug-likeness (QED) is 0.776. The number of sulfonamides is 1. The Balaban J connectivity index is 2.00. The summed E-state index contributed by atoms with van der Waals surface area (Å²) in [6, 6.07) is 7.94. The predicted molar refractivity (Wildman–Crippen MR) is 78.1 cm³/mol. The molecule has 110 valence electrons. The monoisotopic (exact) mass is 305 g/mol. The van der Waals surface area contributed by atoms with E-state index in [-0.39, 0.29) is 5.03 Å². The number of nitrogens with two attached hydrogens (primary N) is 1. The van der Waals surface area contributed by atoms with Crippen molar-refractivity contribution in [1.82, 2.24) is 19.3 Å². The fourth-order valence-electron chi connectivity index (χ4n) is 2.30. The van der Waals surface area contributed by atoms with E-state index in [4.69, 9.17) is 5.14 Å². The first-order chi connectivity index (χ1) is 9.99. The molecule has 3 rings (SSSR count). The van der Waals surface area contributed by atoms with E-state index in [0.29, 0.717) is 6.54 Å². The minimum Gasteiger partial charge on any atom is -0.330 e. The standard InChI is InChI=1S/C13H15N5O2S/c1-2-18-12-6-4-3-5-10(12)11(16-18)7-17-8-13(15-9-17)21(14,19)20/h3-6,8-9H,2,7H2,1H3,(H2,14,19,20). The van der Waals surface area contributed by atoms with Crippen LogP contribution >= 0.6 is 0 Å². The molecule has 0 aliphatic rings. The molecule has 0 atom stereocenters. The van der Waals surface area contributed by atoms with Crippen LogP contribution < -0.4 is 5.14 Å². The van der Waals surface area contributed by atoms with E-state index in [1.165, 1.54) is 12.5 Å². The van der Waals surface area contributed by atoms with E-state index in [9.17, 15) is 8.42 Å². The van der Waals surface area contributed by atoms with Crippen LogP contribution in [0.25, 0.3) is 10.9 Å². The Kier molecular flexibility index (Phi) is 3.26. The Labute approximate surface area is 122 Å². The molecule has 21 heavy (non-hydrogen) atoms. The molecule has 2 N–H and O–H groups in total. The summed E-state index contributed by atoms with van der Waals surface area (Å²) in [5.74, 6) is 0. The van der Waals surface area contributed by atoms with Crippen LogP contribution in [0.2, 0.25) is 0 Å². The zero-order valence-electron chi connectivity index (χ0n) is 11.5. The molecule has 0 radical (unpaired) electrons. The van der Waals surface area contributed by atoms with Crippen molar-refractivity contribution in [3.63, 3.8) is 0 Å². The minimum atomic E-state index is -3.77. The molecule has 0 spiro atoms. The molecule has 7 nitrogen and oxygen atoms in total. The van der Waals surface area contributed by atoms with E-state index in [0.717, 1.165) is 23.1 Å². The van der Waals surface area contributed by atoms with Crippen LogP contribution in [0, 0.1) is 0 Å². The van der Waals surface area contributed by atoms with Gasteiger partial charge in [-0.3, -0.25) is 4.68 Å². The summed E-state index contributed by atoms with van der Waals surface area (Å²) in [4.78, 5) is 3.81. The fraction of sp³-hybridized carbons (Fsp3) is 0.231. The van der Waals surface area contributed by atoms with Gasteiger partial charge in [0.25, 0.3) is 10.0 Å². The smallest absolute Gasteiger partial charge is 0.257 e. The van der Waals surface area contributed by atoms with Crippen LogP contribution in [0.5, 0.6) is 0 Å². The molecule has 3 aromatic rings. The van der Waals surface area contributed by atoms with E-state index >= 15 is 0 Å². The molecule has 0 fully saturated rings. The highest BCUT2D eigenvalue weighted by Gasteiger charge is 2.13. The second-order valence-corrected chi connectivity index (χ2v) is 6.22. The van der Waals surface area contributed by atoms with E-state index in [1.807, 2.05) is 35.9 Å². The van der Waals surface area contributed by atoms with Crippen LogP contribution in [0.3, 0.4) is 0 Å². The molecule has 0 aliphatic carbocycles. The normalized spacial score (nSPS) is 12.1. The molecular formula is C13H15N5O2S. The van der Waals surface area contributed by atoms with Gasteiger partial charge in [0.2, 0.25) is 0 Å². The van der Waals surface area contributed by atoms with Crippen molar-refractivity contribution >= 4 is 20.9 Å². The summed E-state index contributed by atoms with van der Waals surface area (Å²) >= 11 is 0. The number of rotatable bonds is 4.